The molecule has 0 saturated heterocycles. The summed E-state index contributed by atoms with van der Waals surface area (Å²) < 4.78 is 0. The van der Waals surface area contributed by atoms with E-state index in [0.29, 0.717) is 23.0 Å². The molecule has 0 saturated carbocycles. The van der Waals surface area contributed by atoms with Crippen molar-refractivity contribution in [3.63, 3.8) is 0 Å². The first-order valence-electron chi connectivity index (χ1n) is 9.33. The van der Waals surface area contributed by atoms with Gasteiger partial charge in [-0.05, 0) is 49.2 Å². The first-order valence-corrected chi connectivity index (χ1v) is 9.33. The zero-order chi connectivity index (χ0) is 20.8. The van der Waals surface area contributed by atoms with Gasteiger partial charge in [-0.3, -0.25) is 9.59 Å². The van der Waals surface area contributed by atoms with Crippen molar-refractivity contribution in [1.82, 2.24) is 9.97 Å². The largest absolute Gasteiger partial charge is 0.340 e. The van der Waals surface area contributed by atoms with Crippen LogP contribution in [-0.2, 0) is 11.2 Å². The van der Waals surface area contributed by atoms with Gasteiger partial charge in [0.25, 0.3) is 5.91 Å². The lowest BCUT2D eigenvalue weighted by Crippen LogP contribution is -2.15. The second-order valence-corrected chi connectivity index (χ2v) is 6.58. The Morgan fingerprint density at radius 1 is 0.897 bits per heavy atom. The van der Waals surface area contributed by atoms with E-state index in [0.717, 1.165) is 12.1 Å². The maximum absolute atomic E-state index is 12.6. The van der Waals surface area contributed by atoms with E-state index >= 15 is 0 Å². The fourth-order valence-corrected chi connectivity index (χ4v) is 2.79. The highest BCUT2D eigenvalue weighted by Gasteiger charge is 2.11. The summed E-state index contributed by atoms with van der Waals surface area (Å²) in [6.07, 6.45) is 0.942. The van der Waals surface area contributed by atoms with Gasteiger partial charge in [-0.25, -0.2) is 9.97 Å². The molecule has 0 aliphatic rings. The molecule has 0 radical (unpaired) electrons. The van der Waals surface area contributed by atoms with Crippen LogP contribution < -0.4 is 16.0 Å². The van der Waals surface area contributed by atoms with Crippen molar-refractivity contribution in [2.45, 2.75) is 27.2 Å². The number of carbonyl (C=O) groups excluding carboxylic acids is 2. The summed E-state index contributed by atoms with van der Waals surface area (Å²) in [7, 11) is 0. The molecule has 0 fully saturated rings. The molecular weight excluding hydrogens is 366 g/mol. The number of aromatic nitrogens is 2. The first-order chi connectivity index (χ1) is 13.9. The lowest BCUT2D eigenvalue weighted by atomic mass is 10.1. The summed E-state index contributed by atoms with van der Waals surface area (Å²) in [5, 5.41) is 8.74. The van der Waals surface area contributed by atoms with Gasteiger partial charge in [0.2, 0.25) is 5.91 Å². The zero-order valence-corrected chi connectivity index (χ0v) is 16.6. The van der Waals surface area contributed by atoms with Crippen LogP contribution in [0.15, 0.2) is 54.6 Å². The molecule has 7 nitrogen and oxygen atoms in total. The average Bonchev–Trinajstić information content (AvgIpc) is 2.68. The van der Waals surface area contributed by atoms with E-state index in [9.17, 15) is 9.59 Å². The monoisotopic (exact) mass is 389 g/mol. The molecule has 7 heteroatoms. The number of hydrogen-bond donors (Lipinski definition) is 3. The van der Waals surface area contributed by atoms with Crippen molar-refractivity contribution in [2.75, 3.05) is 16.0 Å². The molecule has 2 amide bonds. The normalized spacial score (nSPS) is 10.3. The van der Waals surface area contributed by atoms with Crippen LogP contribution in [0, 0.1) is 6.92 Å². The average molecular weight is 389 g/mol. The molecule has 148 valence electrons. The molecular formula is C22H23N5O2. The maximum Gasteiger partial charge on any atom is 0.274 e. The van der Waals surface area contributed by atoms with Gasteiger partial charge in [-0.1, -0.05) is 25.1 Å². The fraction of sp³-hybridized carbons (Fsp3) is 0.182. The van der Waals surface area contributed by atoms with Gasteiger partial charge in [0.15, 0.2) is 0 Å². The Morgan fingerprint density at radius 3 is 2.31 bits per heavy atom. The van der Waals surface area contributed by atoms with E-state index in [2.05, 4.69) is 32.8 Å². The lowest BCUT2D eigenvalue weighted by Gasteiger charge is -2.11. The molecule has 0 atom stereocenters. The predicted octanol–water partition coefficient (Wildman–Crippen LogP) is 4.30. The number of benzene rings is 2. The van der Waals surface area contributed by atoms with Crippen molar-refractivity contribution in [3.8, 4) is 0 Å². The minimum Gasteiger partial charge on any atom is -0.340 e. The summed E-state index contributed by atoms with van der Waals surface area (Å²) in [6.45, 7) is 5.26. The van der Waals surface area contributed by atoms with Gasteiger partial charge < -0.3 is 16.0 Å². The van der Waals surface area contributed by atoms with Crippen LogP contribution in [0.2, 0.25) is 0 Å². The minimum absolute atomic E-state index is 0.147. The van der Waals surface area contributed by atoms with E-state index in [4.69, 9.17) is 0 Å². The summed E-state index contributed by atoms with van der Waals surface area (Å²) >= 11 is 0. The SMILES string of the molecule is CCc1ccc(NC(=O)c2cc(Nc3cccc(NC(C)=O)c3)nc(C)n2)cc1. The van der Waals surface area contributed by atoms with Crippen molar-refractivity contribution in [3.05, 3.63) is 71.7 Å². The Bertz CT molecular complexity index is 1030. The van der Waals surface area contributed by atoms with Crippen molar-refractivity contribution >= 4 is 34.7 Å². The van der Waals surface area contributed by atoms with E-state index in [1.54, 1.807) is 25.1 Å². The number of nitrogens with one attached hydrogen (secondary N) is 3. The molecule has 0 bridgehead atoms. The summed E-state index contributed by atoms with van der Waals surface area (Å²) in [5.74, 6) is 0.504. The van der Waals surface area contributed by atoms with Crippen LogP contribution in [0.25, 0.3) is 0 Å². The first kappa shape index (κ1) is 20.0. The van der Waals surface area contributed by atoms with Gasteiger partial charge in [-0.15, -0.1) is 0 Å². The molecule has 0 aliphatic carbocycles. The highest BCUT2D eigenvalue weighted by Crippen LogP contribution is 2.20. The van der Waals surface area contributed by atoms with Crippen LogP contribution in [0.3, 0.4) is 0 Å². The van der Waals surface area contributed by atoms with E-state index in [1.165, 1.54) is 12.5 Å². The number of nitrogens with zero attached hydrogens (tertiary/aromatic N) is 2. The quantitative estimate of drug-likeness (QED) is 0.584. The highest BCUT2D eigenvalue weighted by atomic mass is 16.2. The number of rotatable bonds is 6. The Kier molecular flexibility index (Phi) is 6.19. The Balaban J connectivity index is 1.76. The van der Waals surface area contributed by atoms with Crippen LogP contribution in [0.1, 0.15) is 35.7 Å². The molecule has 0 aliphatic heterocycles. The molecule has 1 aromatic heterocycles. The highest BCUT2D eigenvalue weighted by molar-refractivity contribution is 6.03. The third kappa shape index (κ3) is 5.62. The van der Waals surface area contributed by atoms with Gasteiger partial charge >= 0.3 is 0 Å². The zero-order valence-electron chi connectivity index (χ0n) is 16.6. The third-order valence-electron chi connectivity index (χ3n) is 4.15. The van der Waals surface area contributed by atoms with Crippen LogP contribution in [0.5, 0.6) is 0 Å². The molecule has 29 heavy (non-hydrogen) atoms. The summed E-state index contributed by atoms with van der Waals surface area (Å²) in [5.41, 5.74) is 3.57. The van der Waals surface area contributed by atoms with E-state index in [-0.39, 0.29) is 17.5 Å². The molecule has 3 rings (SSSR count). The topological polar surface area (TPSA) is 96.0 Å². The Hall–Kier alpha value is -3.74. The maximum atomic E-state index is 12.6. The van der Waals surface area contributed by atoms with Crippen molar-refractivity contribution in [2.24, 2.45) is 0 Å². The number of carbonyl (C=O) groups is 2. The van der Waals surface area contributed by atoms with Crippen molar-refractivity contribution in [1.29, 1.82) is 0 Å². The van der Waals surface area contributed by atoms with Gasteiger partial charge in [0.05, 0.1) is 0 Å². The van der Waals surface area contributed by atoms with Crippen molar-refractivity contribution < 1.29 is 9.59 Å². The number of amides is 2. The molecule has 0 spiro atoms. The Morgan fingerprint density at radius 2 is 1.62 bits per heavy atom. The van der Waals surface area contributed by atoms with Gasteiger partial charge in [0.1, 0.15) is 17.3 Å². The number of hydrogen-bond acceptors (Lipinski definition) is 5. The molecule has 3 aromatic rings. The van der Waals surface area contributed by atoms with Crippen LogP contribution >= 0.6 is 0 Å². The fourth-order valence-electron chi connectivity index (χ4n) is 2.79. The molecule has 1 heterocycles. The van der Waals surface area contributed by atoms with E-state index < -0.39 is 0 Å². The minimum atomic E-state index is -0.310. The number of anilines is 4. The summed E-state index contributed by atoms with van der Waals surface area (Å²) in [4.78, 5) is 32.4. The smallest absolute Gasteiger partial charge is 0.274 e. The molecule has 0 unspecified atom stereocenters. The second kappa shape index (κ2) is 8.97. The van der Waals surface area contributed by atoms with Crippen LogP contribution in [-0.4, -0.2) is 21.8 Å². The lowest BCUT2D eigenvalue weighted by molar-refractivity contribution is -0.114. The molecule has 2 aromatic carbocycles. The molecule has 3 N–H and O–H groups in total. The van der Waals surface area contributed by atoms with Gasteiger partial charge in [-0.2, -0.15) is 0 Å². The Labute approximate surface area is 169 Å². The summed E-state index contributed by atoms with van der Waals surface area (Å²) in [6, 6.07) is 16.5. The third-order valence-corrected chi connectivity index (χ3v) is 4.15. The second-order valence-electron chi connectivity index (χ2n) is 6.58. The standard InChI is InChI=1S/C22H23N5O2/c1-4-16-8-10-17(11-9-16)27-22(29)20-13-21(24-14(2)23-20)26-19-7-5-6-18(12-19)25-15(3)28/h5-13H,4H2,1-3H3,(H,25,28)(H,27,29)(H,23,24,26). The predicted molar refractivity (Wildman–Crippen MR) is 115 cm³/mol. The number of aryl methyl sites for hydroxylation is 2. The van der Waals surface area contributed by atoms with Crippen LogP contribution in [0.4, 0.5) is 22.9 Å². The van der Waals surface area contributed by atoms with E-state index in [1.807, 2.05) is 36.4 Å². The van der Waals surface area contributed by atoms with Gasteiger partial charge in [0, 0.05) is 30.1 Å².